The standard InChI is InChI=1S/C18H23N3O3/c1-2-17-19-18(24-20-17)11-21(14-5-3-4-6-14)10-13-7-8-15-16(9-13)23-12-22-15/h7-9,14H,2-6,10-12H2,1H3. The first-order chi connectivity index (χ1) is 11.8. The molecule has 1 aliphatic carbocycles. The lowest BCUT2D eigenvalue weighted by Gasteiger charge is -2.27. The number of rotatable bonds is 6. The van der Waals surface area contributed by atoms with E-state index in [4.69, 9.17) is 14.0 Å². The van der Waals surface area contributed by atoms with Crippen LogP contribution in [0, 0.1) is 0 Å². The van der Waals surface area contributed by atoms with Crippen LogP contribution < -0.4 is 9.47 Å². The molecule has 1 aliphatic heterocycles. The Bertz CT molecular complexity index is 695. The van der Waals surface area contributed by atoms with Crippen molar-refractivity contribution in [3.05, 3.63) is 35.5 Å². The van der Waals surface area contributed by atoms with Crippen molar-refractivity contribution in [2.45, 2.75) is 58.2 Å². The van der Waals surface area contributed by atoms with E-state index in [9.17, 15) is 0 Å². The summed E-state index contributed by atoms with van der Waals surface area (Å²) in [5.41, 5.74) is 1.22. The van der Waals surface area contributed by atoms with Crippen molar-refractivity contribution in [2.75, 3.05) is 6.79 Å². The first kappa shape index (κ1) is 15.4. The van der Waals surface area contributed by atoms with Gasteiger partial charge in [0.05, 0.1) is 6.54 Å². The van der Waals surface area contributed by atoms with Gasteiger partial charge < -0.3 is 14.0 Å². The third-order valence-corrected chi connectivity index (χ3v) is 4.83. The molecule has 2 aromatic rings. The number of nitrogens with zero attached hydrogens (tertiary/aromatic N) is 3. The molecule has 1 aromatic heterocycles. The van der Waals surface area contributed by atoms with Crippen LogP contribution in [0.25, 0.3) is 0 Å². The molecule has 1 fully saturated rings. The molecule has 0 saturated heterocycles. The third-order valence-electron chi connectivity index (χ3n) is 4.83. The van der Waals surface area contributed by atoms with E-state index in [0.29, 0.717) is 25.3 Å². The predicted octanol–water partition coefficient (Wildman–Crippen LogP) is 3.31. The maximum Gasteiger partial charge on any atom is 0.240 e. The SMILES string of the molecule is CCc1noc(CN(Cc2ccc3c(c2)OCO3)C2CCCC2)n1. The molecule has 128 valence electrons. The van der Waals surface area contributed by atoms with Gasteiger partial charge in [0.1, 0.15) is 0 Å². The molecule has 1 saturated carbocycles. The maximum atomic E-state index is 5.50. The Morgan fingerprint density at radius 1 is 1.12 bits per heavy atom. The average molecular weight is 329 g/mol. The van der Waals surface area contributed by atoms with Gasteiger partial charge in [0, 0.05) is 19.0 Å². The Hall–Kier alpha value is -2.08. The Morgan fingerprint density at radius 3 is 2.75 bits per heavy atom. The lowest BCUT2D eigenvalue weighted by atomic mass is 10.1. The van der Waals surface area contributed by atoms with Crippen LogP contribution in [0.1, 0.15) is 49.9 Å². The summed E-state index contributed by atoms with van der Waals surface area (Å²) in [5, 5.41) is 4.02. The Morgan fingerprint density at radius 2 is 1.96 bits per heavy atom. The average Bonchev–Trinajstić information content (AvgIpc) is 3.34. The monoisotopic (exact) mass is 329 g/mol. The lowest BCUT2D eigenvalue weighted by molar-refractivity contribution is 0.157. The van der Waals surface area contributed by atoms with Gasteiger partial charge >= 0.3 is 0 Å². The van der Waals surface area contributed by atoms with Gasteiger partial charge in [-0.25, -0.2) is 0 Å². The number of aromatic nitrogens is 2. The number of hydrogen-bond donors (Lipinski definition) is 0. The highest BCUT2D eigenvalue weighted by Crippen LogP contribution is 2.34. The minimum absolute atomic E-state index is 0.312. The van der Waals surface area contributed by atoms with Gasteiger partial charge in [-0.15, -0.1) is 0 Å². The first-order valence-electron chi connectivity index (χ1n) is 8.76. The van der Waals surface area contributed by atoms with E-state index < -0.39 is 0 Å². The second-order valence-corrected chi connectivity index (χ2v) is 6.49. The van der Waals surface area contributed by atoms with Crippen molar-refractivity contribution in [1.82, 2.24) is 15.0 Å². The molecular formula is C18H23N3O3. The van der Waals surface area contributed by atoms with Gasteiger partial charge in [-0.2, -0.15) is 4.98 Å². The fourth-order valence-electron chi connectivity index (χ4n) is 3.53. The number of hydrogen-bond acceptors (Lipinski definition) is 6. The van der Waals surface area contributed by atoms with E-state index >= 15 is 0 Å². The Balaban J connectivity index is 1.51. The molecule has 0 unspecified atom stereocenters. The molecule has 2 heterocycles. The zero-order chi connectivity index (χ0) is 16.4. The molecule has 4 rings (SSSR count). The molecule has 2 aliphatic rings. The zero-order valence-corrected chi connectivity index (χ0v) is 14.0. The summed E-state index contributed by atoms with van der Waals surface area (Å²) in [6.45, 7) is 3.90. The molecule has 0 amide bonds. The quantitative estimate of drug-likeness (QED) is 0.810. The largest absolute Gasteiger partial charge is 0.454 e. The molecule has 0 N–H and O–H groups in total. The van der Waals surface area contributed by atoms with Gasteiger partial charge in [0.2, 0.25) is 12.7 Å². The van der Waals surface area contributed by atoms with E-state index in [0.717, 1.165) is 30.3 Å². The molecule has 0 spiro atoms. The number of benzene rings is 1. The molecule has 1 aromatic carbocycles. The van der Waals surface area contributed by atoms with Crippen LogP contribution in [0.4, 0.5) is 0 Å². The second-order valence-electron chi connectivity index (χ2n) is 6.49. The minimum Gasteiger partial charge on any atom is -0.454 e. The van der Waals surface area contributed by atoms with Crippen LogP contribution in [0.5, 0.6) is 11.5 Å². The van der Waals surface area contributed by atoms with Crippen molar-refractivity contribution >= 4 is 0 Å². The summed E-state index contributed by atoms with van der Waals surface area (Å²) >= 11 is 0. The maximum absolute atomic E-state index is 5.50. The van der Waals surface area contributed by atoms with Crippen molar-refractivity contribution in [2.24, 2.45) is 0 Å². The van der Waals surface area contributed by atoms with Crippen LogP contribution >= 0.6 is 0 Å². The van der Waals surface area contributed by atoms with Crippen molar-refractivity contribution in [1.29, 1.82) is 0 Å². The molecule has 6 nitrogen and oxygen atoms in total. The normalized spacial score (nSPS) is 17.1. The highest BCUT2D eigenvalue weighted by Gasteiger charge is 2.25. The summed E-state index contributed by atoms with van der Waals surface area (Å²) in [6, 6.07) is 6.76. The highest BCUT2D eigenvalue weighted by atomic mass is 16.7. The lowest BCUT2D eigenvalue weighted by Crippen LogP contribution is -2.32. The summed E-state index contributed by atoms with van der Waals surface area (Å²) in [7, 11) is 0. The fourth-order valence-corrected chi connectivity index (χ4v) is 3.53. The van der Waals surface area contributed by atoms with Gasteiger partial charge in [-0.05, 0) is 30.5 Å². The van der Waals surface area contributed by atoms with Crippen LogP contribution in [0.15, 0.2) is 22.7 Å². The molecule has 0 atom stereocenters. The van der Waals surface area contributed by atoms with E-state index in [2.05, 4.69) is 27.2 Å². The molecular weight excluding hydrogens is 306 g/mol. The molecule has 6 heteroatoms. The van der Waals surface area contributed by atoms with Crippen LogP contribution in [-0.2, 0) is 19.5 Å². The summed E-state index contributed by atoms with van der Waals surface area (Å²) < 4.78 is 16.3. The van der Waals surface area contributed by atoms with Crippen molar-refractivity contribution < 1.29 is 14.0 Å². The topological polar surface area (TPSA) is 60.6 Å². The minimum atomic E-state index is 0.312. The smallest absolute Gasteiger partial charge is 0.240 e. The molecule has 0 bridgehead atoms. The van der Waals surface area contributed by atoms with Crippen LogP contribution in [-0.4, -0.2) is 27.9 Å². The zero-order valence-electron chi connectivity index (χ0n) is 14.0. The second kappa shape index (κ2) is 6.81. The molecule has 24 heavy (non-hydrogen) atoms. The fraction of sp³-hybridized carbons (Fsp3) is 0.556. The number of fused-ring (bicyclic) bond motifs is 1. The van der Waals surface area contributed by atoms with Gasteiger partial charge in [0.15, 0.2) is 17.3 Å². The Labute approximate surface area is 141 Å². The highest BCUT2D eigenvalue weighted by molar-refractivity contribution is 5.44. The molecule has 0 radical (unpaired) electrons. The van der Waals surface area contributed by atoms with E-state index in [1.807, 2.05) is 13.0 Å². The van der Waals surface area contributed by atoms with Gasteiger partial charge in [0.25, 0.3) is 0 Å². The third kappa shape index (κ3) is 3.24. The van der Waals surface area contributed by atoms with E-state index in [1.165, 1.54) is 31.2 Å². The van der Waals surface area contributed by atoms with E-state index in [-0.39, 0.29) is 0 Å². The van der Waals surface area contributed by atoms with E-state index in [1.54, 1.807) is 0 Å². The van der Waals surface area contributed by atoms with Crippen molar-refractivity contribution in [3.63, 3.8) is 0 Å². The van der Waals surface area contributed by atoms with Gasteiger partial charge in [-0.3, -0.25) is 4.90 Å². The van der Waals surface area contributed by atoms with Gasteiger partial charge in [-0.1, -0.05) is 31.0 Å². The number of aryl methyl sites for hydroxylation is 1. The number of ether oxygens (including phenoxy) is 2. The Kier molecular flexibility index (Phi) is 4.38. The summed E-state index contributed by atoms with van der Waals surface area (Å²) in [4.78, 5) is 6.93. The summed E-state index contributed by atoms with van der Waals surface area (Å²) in [5.74, 6) is 3.15. The van der Waals surface area contributed by atoms with Crippen molar-refractivity contribution in [3.8, 4) is 11.5 Å². The van der Waals surface area contributed by atoms with Crippen LogP contribution in [0.3, 0.4) is 0 Å². The first-order valence-corrected chi connectivity index (χ1v) is 8.76. The predicted molar refractivity (Wildman–Crippen MR) is 87.7 cm³/mol. The van der Waals surface area contributed by atoms with Crippen LogP contribution in [0.2, 0.25) is 0 Å². The summed E-state index contributed by atoms with van der Waals surface area (Å²) in [6.07, 6.45) is 5.87.